The molecule has 0 bridgehead atoms. The standard InChI is InChI=1S/C21H28N4O2/c1-3-22-21(25-19-13-16(19)2)24-15-17-9-10-20(23-14-17)27-12-11-26-18-7-5-4-6-8-18/h4-10,14,16,19H,3,11-13,15H2,1-2H3,(H2,22,24,25). The quantitative estimate of drug-likeness (QED) is 0.405. The lowest BCUT2D eigenvalue weighted by Gasteiger charge is -2.11. The number of pyridine rings is 1. The van der Waals surface area contributed by atoms with Crippen LogP contribution >= 0.6 is 0 Å². The first-order valence-corrected chi connectivity index (χ1v) is 9.55. The molecule has 2 unspecified atom stereocenters. The Balaban J connectivity index is 1.41. The zero-order chi connectivity index (χ0) is 18.9. The van der Waals surface area contributed by atoms with Gasteiger partial charge in [0.15, 0.2) is 5.96 Å². The van der Waals surface area contributed by atoms with Gasteiger partial charge in [0, 0.05) is 24.8 Å². The van der Waals surface area contributed by atoms with Crippen LogP contribution in [0.15, 0.2) is 53.7 Å². The number of aliphatic imine (C=N–C) groups is 1. The fourth-order valence-corrected chi connectivity index (χ4v) is 2.60. The van der Waals surface area contributed by atoms with Gasteiger partial charge in [-0.1, -0.05) is 31.2 Å². The van der Waals surface area contributed by atoms with Crippen molar-refractivity contribution in [2.45, 2.75) is 32.9 Å². The first kappa shape index (κ1) is 19.0. The highest BCUT2D eigenvalue weighted by molar-refractivity contribution is 5.80. The van der Waals surface area contributed by atoms with E-state index in [4.69, 9.17) is 9.47 Å². The predicted molar refractivity (Wildman–Crippen MR) is 107 cm³/mol. The Hall–Kier alpha value is -2.76. The van der Waals surface area contributed by atoms with Crippen LogP contribution in [0.4, 0.5) is 0 Å². The van der Waals surface area contributed by atoms with Crippen molar-refractivity contribution in [1.82, 2.24) is 15.6 Å². The molecule has 6 nitrogen and oxygen atoms in total. The molecule has 3 rings (SSSR count). The molecule has 0 spiro atoms. The Morgan fingerprint density at radius 2 is 1.93 bits per heavy atom. The minimum atomic E-state index is 0.452. The highest BCUT2D eigenvalue weighted by Crippen LogP contribution is 2.28. The smallest absolute Gasteiger partial charge is 0.213 e. The second-order valence-electron chi connectivity index (χ2n) is 6.67. The Morgan fingerprint density at radius 3 is 2.59 bits per heavy atom. The number of guanidine groups is 1. The van der Waals surface area contributed by atoms with Crippen molar-refractivity contribution >= 4 is 5.96 Å². The molecule has 0 saturated heterocycles. The van der Waals surface area contributed by atoms with E-state index in [-0.39, 0.29) is 0 Å². The van der Waals surface area contributed by atoms with Crippen molar-refractivity contribution in [2.24, 2.45) is 10.9 Å². The van der Waals surface area contributed by atoms with Crippen LogP contribution < -0.4 is 20.1 Å². The Kier molecular flexibility index (Phi) is 6.90. The maximum atomic E-state index is 5.62. The topological polar surface area (TPSA) is 67.8 Å². The second kappa shape index (κ2) is 9.80. The van der Waals surface area contributed by atoms with Gasteiger partial charge in [-0.25, -0.2) is 9.98 Å². The molecule has 0 amide bonds. The van der Waals surface area contributed by atoms with Crippen LogP contribution in [0, 0.1) is 5.92 Å². The van der Waals surface area contributed by atoms with E-state index < -0.39 is 0 Å². The summed E-state index contributed by atoms with van der Waals surface area (Å²) in [6, 6.07) is 14.1. The molecule has 1 aliphatic carbocycles. The van der Waals surface area contributed by atoms with E-state index in [0.29, 0.717) is 31.7 Å². The summed E-state index contributed by atoms with van der Waals surface area (Å²) in [7, 11) is 0. The van der Waals surface area contributed by atoms with E-state index in [2.05, 4.69) is 34.5 Å². The van der Waals surface area contributed by atoms with Crippen LogP contribution in [0.25, 0.3) is 0 Å². The van der Waals surface area contributed by atoms with Gasteiger partial charge in [-0.2, -0.15) is 0 Å². The van der Waals surface area contributed by atoms with Crippen molar-refractivity contribution in [3.63, 3.8) is 0 Å². The molecule has 1 aromatic heterocycles. The van der Waals surface area contributed by atoms with E-state index in [1.165, 1.54) is 6.42 Å². The van der Waals surface area contributed by atoms with Crippen molar-refractivity contribution in [3.8, 4) is 11.6 Å². The van der Waals surface area contributed by atoms with Crippen molar-refractivity contribution < 1.29 is 9.47 Å². The lowest BCUT2D eigenvalue weighted by atomic mass is 10.3. The predicted octanol–water partition coefficient (Wildman–Crippen LogP) is 3.00. The molecular weight excluding hydrogens is 340 g/mol. The first-order valence-electron chi connectivity index (χ1n) is 9.55. The number of rotatable bonds is 9. The minimum absolute atomic E-state index is 0.452. The Bertz CT molecular complexity index is 719. The molecule has 1 saturated carbocycles. The lowest BCUT2D eigenvalue weighted by molar-refractivity contribution is 0.212. The van der Waals surface area contributed by atoms with Gasteiger partial charge in [0.25, 0.3) is 0 Å². The summed E-state index contributed by atoms with van der Waals surface area (Å²) in [6.45, 7) is 6.68. The molecule has 144 valence electrons. The van der Waals surface area contributed by atoms with Gasteiger partial charge in [0.2, 0.25) is 5.88 Å². The molecule has 27 heavy (non-hydrogen) atoms. The highest BCUT2D eigenvalue weighted by Gasteiger charge is 2.33. The third kappa shape index (κ3) is 6.47. The van der Waals surface area contributed by atoms with Gasteiger partial charge in [-0.3, -0.25) is 0 Å². The molecule has 2 atom stereocenters. The number of nitrogens with one attached hydrogen (secondary N) is 2. The average Bonchev–Trinajstić information content (AvgIpc) is 3.40. The maximum Gasteiger partial charge on any atom is 0.213 e. The normalized spacial score (nSPS) is 18.7. The maximum absolute atomic E-state index is 5.62. The van der Waals surface area contributed by atoms with Crippen LogP contribution in [0.1, 0.15) is 25.8 Å². The highest BCUT2D eigenvalue weighted by atomic mass is 16.5. The summed E-state index contributed by atoms with van der Waals surface area (Å²) in [5.41, 5.74) is 1.05. The van der Waals surface area contributed by atoms with Crippen LogP contribution in [-0.4, -0.2) is 36.7 Å². The van der Waals surface area contributed by atoms with E-state index in [1.807, 2.05) is 42.5 Å². The third-order valence-corrected chi connectivity index (χ3v) is 4.34. The van der Waals surface area contributed by atoms with Crippen molar-refractivity contribution in [1.29, 1.82) is 0 Å². The third-order valence-electron chi connectivity index (χ3n) is 4.34. The van der Waals surface area contributed by atoms with Crippen molar-refractivity contribution in [2.75, 3.05) is 19.8 Å². The van der Waals surface area contributed by atoms with Crippen LogP contribution in [0.5, 0.6) is 11.6 Å². The number of ether oxygens (including phenoxy) is 2. The largest absolute Gasteiger partial charge is 0.490 e. The average molecular weight is 368 g/mol. The summed E-state index contributed by atoms with van der Waals surface area (Å²) in [6.07, 6.45) is 3.02. The van der Waals surface area contributed by atoms with Gasteiger partial charge in [0.1, 0.15) is 19.0 Å². The minimum Gasteiger partial charge on any atom is -0.490 e. The van der Waals surface area contributed by atoms with Crippen LogP contribution in [-0.2, 0) is 6.54 Å². The monoisotopic (exact) mass is 368 g/mol. The van der Waals surface area contributed by atoms with E-state index in [9.17, 15) is 0 Å². The number of hydrogen-bond acceptors (Lipinski definition) is 4. The van der Waals surface area contributed by atoms with E-state index in [0.717, 1.165) is 29.7 Å². The summed E-state index contributed by atoms with van der Waals surface area (Å²) >= 11 is 0. The fraction of sp³-hybridized carbons (Fsp3) is 0.429. The summed E-state index contributed by atoms with van der Waals surface area (Å²) in [5.74, 6) is 3.03. The molecule has 0 aliphatic heterocycles. The summed E-state index contributed by atoms with van der Waals surface area (Å²) in [4.78, 5) is 8.98. The van der Waals surface area contributed by atoms with Gasteiger partial charge in [-0.15, -0.1) is 0 Å². The lowest BCUT2D eigenvalue weighted by Crippen LogP contribution is -2.39. The van der Waals surface area contributed by atoms with Crippen molar-refractivity contribution in [3.05, 3.63) is 54.2 Å². The van der Waals surface area contributed by atoms with Gasteiger partial charge >= 0.3 is 0 Å². The number of hydrogen-bond donors (Lipinski definition) is 2. The molecule has 1 aliphatic rings. The number of aromatic nitrogens is 1. The molecule has 2 N–H and O–H groups in total. The zero-order valence-corrected chi connectivity index (χ0v) is 16.0. The molecule has 6 heteroatoms. The molecule has 1 aromatic carbocycles. The molecule has 2 aromatic rings. The molecule has 0 radical (unpaired) electrons. The van der Waals surface area contributed by atoms with Crippen LogP contribution in [0.3, 0.4) is 0 Å². The van der Waals surface area contributed by atoms with Crippen LogP contribution in [0.2, 0.25) is 0 Å². The first-order chi connectivity index (χ1) is 13.2. The Morgan fingerprint density at radius 1 is 1.15 bits per heavy atom. The molecule has 1 fully saturated rings. The van der Waals surface area contributed by atoms with E-state index in [1.54, 1.807) is 6.20 Å². The van der Waals surface area contributed by atoms with Gasteiger partial charge in [0.05, 0.1) is 6.54 Å². The SMILES string of the molecule is CCNC(=NCc1ccc(OCCOc2ccccc2)nc1)NC1CC1C. The molecule has 1 heterocycles. The van der Waals surface area contributed by atoms with Gasteiger partial charge in [-0.05, 0) is 37.0 Å². The van der Waals surface area contributed by atoms with E-state index >= 15 is 0 Å². The number of nitrogens with zero attached hydrogens (tertiary/aromatic N) is 2. The number of benzene rings is 1. The Labute approximate surface area is 161 Å². The number of para-hydroxylation sites is 1. The summed E-state index contributed by atoms with van der Waals surface area (Å²) < 4.78 is 11.2. The summed E-state index contributed by atoms with van der Waals surface area (Å²) in [5, 5.41) is 6.73. The molecular formula is C21H28N4O2. The second-order valence-corrected chi connectivity index (χ2v) is 6.67. The fourth-order valence-electron chi connectivity index (χ4n) is 2.60. The zero-order valence-electron chi connectivity index (χ0n) is 16.0. The van der Waals surface area contributed by atoms with Gasteiger partial charge < -0.3 is 20.1 Å².